The zero-order chi connectivity index (χ0) is 18.4. The lowest BCUT2D eigenvalue weighted by Crippen LogP contribution is -2.30. The summed E-state index contributed by atoms with van der Waals surface area (Å²) in [5, 5.41) is 1.25. The van der Waals surface area contributed by atoms with Gasteiger partial charge in [0.1, 0.15) is 0 Å². The summed E-state index contributed by atoms with van der Waals surface area (Å²) < 4.78 is 0. The van der Waals surface area contributed by atoms with E-state index in [0.29, 0.717) is 16.6 Å². The maximum Gasteiger partial charge on any atom is 0.0595 e. The SMILES string of the molecule is NCc1ccc(CN(Cc2ccc(Cl)c(Cl)c2)CC2CCCCC2)cc1. The molecule has 26 heavy (non-hydrogen) atoms. The zero-order valence-corrected chi connectivity index (χ0v) is 16.8. The minimum atomic E-state index is 0.593. The van der Waals surface area contributed by atoms with Crippen LogP contribution in [-0.2, 0) is 19.6 Å². The summed E-state index contributed by atoms with van der Waals surface area (Å²) >= 11 is 12.3. The van der Waals surface area contributed by atoms with Crippen molar-refractivity contribution in [1.82, 2.24) is 4.90 Å². The highest BCUT2D eigenvalue weighted by atomic mass is 35.5. The summed E-state index contributed by atoms with van der Waals surface area (Å²) in [5.41, 5.74) is 9.45. The number of hydrogen-bond donors (Lipinski definition) is 1. The average molecular weight is 391 g/mol. The van der Waals surface area contributed by atoms with E-state index in [-0.39, 0.29) is 0 Å². The predicted molar refractivity (Wildman–Crippen MR) is 111 cm³/mol. The van der Waals surface area contributed by atoms with Crippen LogP contribution in [0.15, 0.2) is 42.5 Å². The summed E-state index contributed by atoms with van der Waals surface area (Å²) in [7, 11) is 0. The van der Waals surface area contributed by atoms with E-state index in [9.17, 15) is 0 Å². The number of rotatable bonds is 7. The Labute approximate surface area is 167 Å². The second-order valence-corrected chi connectivity index (χ2v) is 8.26. The van der Waals surface area contributed by atoms with Crippen molar-refractivity contribution in [2.24, 2.45) is 11.7 Å². The monoisotopic (exact) mass is 390 g/mol. The summed E-state index contributed by atoms with van der Waals surface area (Å²) in [5.74, 6) is 0.801. The van der Waals surface area contributed by atoms with Gasteiger partial charge >= 0.3 is 0 Å². The van der Waals surface area contributed by atoms with E-state index in [4.69, 9.17) is 28.9 Å². The van der Waals surface area contributed by atoms with Crippen LogP contribution < -0.4 is 5.73 Å². The zero-order valence-electron chi connectivity index (χ0n) is 15.3. The molecule has 0 radical (unpaired) electrons. The Morgan fingerprint density at radius 3 is 2.08 bits per heavy atom. The van der Waals surface area contributed by atoms with E-state index in [0.717, 1.165) is 25.6 Å². The van der Waals surface area contributed by atoms with E-state index in [1.807, 2.05) is 12.1 Å². The van der Waals surface area contributed by atoms with Gasteiger partial charge in [0.05, 0.1) is 10.0 Å². The molecule has 0 atom stereocenters. The van der Waals surface area contributed by atoms with Gasteiger partial charge in [-0.1, -0.05) is 72.8 Å². The lowest BCUT2D eigenvalue weighted by atomic mass is 9.88. The molecule has 0 saturated heterocycles. The molecule has 2 N–H and O–H groups in total. The van der Waals surface area contributed by atoms with Gasteiger partial charge in [0.15, 0.2) is 0 Å². The third-order valence-corrected chi connectivity index (χ3v) is 6.04. The lowest BCUT2D eigenvalue weighted by molar-refractivity contribution is 0.187. The third-order valence-electron chi connectivity index (χ3n) is 5.30. The van der Waals surface area contributed by atoms with Gasteiger partial charge in [0.25, 0.3) is 0 Å². The number of nitrogens with two attached hydrogens (primary N) is 1. The first-order valence-corrected chi connectivity index (χ1v) is 10.3. The van der Waals surface area contributed by atoms with Gasteiger partial charge in [0.2, 0.25) is 0 Å². The third kappa shape index (κ3) is 5.72. The van der Waals surface area contributed by atoms with Crippen molar-refractivity contribution in [3.05, 3.63) is 69.2 Å². The van der Waals surface area contributed by atoms with Crippen LogP contribution in [0.4, 0.5) is 0 Å². The first-order chi connectivity index (χ1) is 12.6. The number of halogens is 2. The van der Waals surface area contributed by atoms with Gasteiger partial charge in [0, 0.05) is 26.2 Å². The Kier molecular flexibility index (Phi) is 7.39. The normalized spacial score (nSPS) is 15.5. The molecule has 2 aromatic carbocycles. The Bertz CT molecular complexity index is 694. The van der Waals surface area contributed by atoms with Gasteiger partial charge in [-0.3, -0.25) is 4.90 Å². The molecular formula is C22H28Cl2N2. The van der Waals surface area contributed by atoms with Crippen molar-refractivity contribution in [3.63, 3.8) is 0 Å². The maximum atomic E-state index is 6.22. The van der Waals surface area contributed by atoms with Gasteiger partial charge in [-0.05, 0) is 47.6 Å². The topological polar surface area (TPSA) is 29.3 Å². The largest absolute Gasteiger partial charge is 0.326 e. The van der Waals surface area contributed by atoms with Gasteiger partial charge < -0.3 is 5.73 Å². The Balaban J connectivity index is 1.71. The molecule has 4 heteroatoms. The van der Waals surface area contributed by atoms with E-state index < -0.39 is 0 Å². The Morgan fingerprint density at radius 2 is 1.42 bits per heavy atom. The van der Waals surface area contributed by atoms with Crippen molar-refractivity contribution in [2.75, 3.05) is 6.54 Å². The van der Waals surface area contributed by atoms with Crippen LogP contribution in [0.1, 0.15) is 48.8 Å². The smallest absolute Gasteiger partial charge is 0.0595 e. The van der Waals surface area contributed by atoms with E-state index in [1.165, 1.54) is 48.8 Å². The molecule has 0 spiro atoms. The minimum Gasteiger partial charge on any atom is -0.326 e. The van der Waals surface area contributed by atoms with Crippen molar-refractivity contribution < 1.29 is 0 Å². The van der Waals surface area contributed by atoms with Gasteiger partial charge in [-0.15, -0.1) is 0 Å². The van der Waals surface area contributed by atoms with Crippen LogP contribution in [0, 0.1) is 5.92 Å². The molecule has 1 aliphatic carbocycles. The van der Waals surface area contributed by atoms with Crippen LogP contribution in [-0.4, -0.2) is 11.4 Å². The first kappa shape index (κ1) is 19.7. The fourth-order valence-electron chi connectivity index (χ4n) is 3.86. The molecule has 0 unspecified atom stereocenters. The van der Waals surface area contributed by atoms with Gasteiger partial charge in [-0.25, -0.2) is 0 Å². The van der Waals surface area contributed by atoms with E-state index in [2.05, 4.69) is 35.2 Å². The number of benzene rings is 2. The summed E-state index contributed by atoms with van der Waals surface area (Å²) in [6.07, 6.45) is 6.84. The van der Waals surface area contributed by atoms with Crippen LogP contribution in [0.3, 0.4) is 0 Å². The first-order valence-electron chi connectivity index (χ1n) is 9.58. The molecule has 1 fully saturated rings. The molecule has 2 nitrogen and oxygen atoms in total. The molecule has 3 rings (SSSR count). The maximum absolute atomic E-state index is 6.22. The van der Waals surface area contributed by atoms with Crippen molar-refractivity contribution in [2.45, 2.75) is 51.7 Å². The highest BCUT2D eigenvalue weighted by molar-refractivity contribution is 6.42. The molecule has 0 amide bonds. The Morgan fingerprint density at radius 1 is 0.808 bits per heavy atom. The highest BCUT2D eigenvalue weighted by Gasteiger charge is 2.18. The van der Waals surface area contributed by atoms with Crippen LogP contribution in [0.2, 0.25) is 10.0 Å². The highest BCUT2D eigenvalue weighted by Crippen LogP contribution is 2.27. The molecule has 1 saturated carbocycles. The fraction of sp³-hybridized carbons (Fsp3) is 0.455. The second-order valence-electron chi connectivity index (χ2n) is 7.44. The summed E-state index contributed by atoms with van der Waals surface area (Å²) in [4.78, 5) is 2.55. The quantitative estimate of drug-likeness (QED) is 0.624. The van der Waals surface area contributed by atoms with Crippen LogP contribution in [0.5, 0.6) is 0 Å². The van der Waals surface area contributed by atoms with Crippen molar-refractivity contribution in [3.8, 4) is 0 Å². The molecular weight excluding hydrogens is 363 g/mol. The van der Waals surface area contributed by atoms with Crippen LogP contribution in [0.25, 0.3) is 0 Å². The second kappa shape index (κ2) is 9.75. The molecule has 2 aromatic rings. The number of hydrogen-bond acceptors (Lipinski definition) is 2. The van der Waals surface area contributed by atoms with Crippen LogP contribution >= 0.6 is 23.2 Å². The molecule has 1 aliphatic rings. The van der Waals surface area contributed by atoms with Crippen molar-refractivity contribution >= 4 is 23.2 Å². The van der Waals surface area contributed by atoms with E-state index in [1.54, 1.807) is 0 Å². The fourth-order valence-corrected chi connectivity index (χ4v) is 4.18. The average Bonchev–Trinajstić information content (AvgIpc) is 2.66. The minimum absolute atomic E-state index is 0.593. The predicted octanol–water partition coefficient (Wildman–Crippen LogP) is 6.03. The van der Waals surface area contributed by atoms with Gasteiger partial charge in [-0.2, -0.15) is 0 Å². The summed E-state index contributed by atoms with van der Waals surface area (Å²) in [6.45, 7) is 3.57. The standard InChI is InChI=1S/C22H28Cl2N2/c23-21-11-10-20(12-22(21)24)16-26(14-18-4-2-1-3-5-18)15-19-8-6-17(13-25)7-9-19/h6-12,18H,1-5,13-16,25H2. The Hall–Kier alpha value is -1.06. The molecule has 0 heterocycles. The molecule has 0 bridgehead atoms. The molecule has 0 aromatic heterocycles. The lowest BCUT2D eigenvalue weighted by Gasteiger charge is -2.30. The number of nitrogens with zero attached hydrogens (tertiary/aromatic N) is 1. The molecule has 140 valence electrons. The molecule has 0 aliphatic heterocycles. The summed E-state index contributed by atoms with van der Waals surface area (Å²) in [6, 6.07) is 14.6. The van der Waals surface area contributed by atoms with Crippen molar-refractivity contribution in [1.29, 1.82) is 0 Å². The van der Waals surface area contributed by atoms with E-state index >= 15 is 0 Å².